The lowest BCUT2D eigenvalue weighted by Gasteiger charge is -2.17. The third-order valence-electron chi connectivity index (χ3n) is 4.18. The molecule has 1 atom stereocenters. The molecule has 0 saturated heterocycles. The van der Waals surface area contributed by atoms with Crippen LogP contribution in [0.2, 0.25) is 0 Å². The zero-order valence-corrected chi connectivity index (χ0v) is 19.1. The Morgan fingerprint density at radius 3 is 2.52 bits per heavy atom. The summed E-state index contributed by atoms with van der Waals surface area (Å²) in [6.45, 7) is 7.11. The molecular weight excluding hydrogens is 453 g/mol. The van der Waals surface area contributed by atoms with Crippen molar-refractivity contribution < 1.29 is 4.52 Å². The molecule has 0 fully saturated rings. The van der Waals surface area contributed by atoms with Gasteiger partial charge in [-0.05, 0) is 31.7 Å². The number of halogens is 1. The molecule has 27 heavy (non-hydrogen) atoms. The fourth-order valence-corrected chi connectivity index (χ4v) is 2.58. The molecule has 0 aliphatic heterocycles. The number of nitrogens with zero attached hydrogens (tertiary/aromatic N) is 3. The smallest absolute Gasteiger partial charge is 0.226 e. The van der Waals surface area contributed by atoms with Crippen molar-refractivity contribution in [2.75, 3.05) is 13.6 Å². The van der Waals surface area contributed by atoms with Gasteiger partial charge in [0.25, 0.3) is 0 Å². The van der Waals surface area contributed by atoms with Crippen molar-refractivity contribution in [1.29, 1.82) is 0 Å². The van der Waals surface area contributed by atoms with Crippen molar-refractivity contribution in [3.63, 3.8) is 0 Å². The van der Waals surface area contributed by atoms with Crippen LogP contribution < -0.4 is 10.6 Å². The van der Waals surface area contributed by atoms with Crippen molar-refractivity contribution in [2.45, 2.75) is 58.4 Å². The number of benzene rings is 1. The highest BCUT2D eigenvalue weighted by Gasteiger charge is 2.09. The van der Waals surface area contributed by atoms with Gasteiger partial charge in [0.05, 0.1) is 0 Å². The SMILES string of the molecule is CN=C(NCCCc1nc(C(C)C)no1)NC(C)CCc1ccccc1.I. The van der Waals surface area contributed by atoms with E-state index in [9.17, 15) is 0 Å². The van der Waals surface area contributed by atoms with Crippen LogP contribution in [0.1, 0.15) is 56.8 Å². The minimum Gasteiger partial charge on any atom is -0.356 e. The molecule has 1 unspecified atom stereocenters. The van der Waals surface area contributed by atoms with Gasteiger partial charge in [-0.3, -0.25) is 4.99 Å². The van der Waals surface area contributed by atoms with Crippen molar-refractivity contribution in [2.24, 2.45) is 4.99 Å². The van der Waals surface area contributed by atoms with Gasteiger partial charge in [-0.1, -0.05) is 49.3 Å². The van der Waals surface area contributed by atoms with Crippen LogP contribution in [0.25, 0.3) is 0 Å². The van der Waals surface area contributed by atoms with Crippen molar-refractivity contribution in [3.8, 4) is 0 Å². The molecule has 0 aliphatic rings. The van der Waals surface area contributed by atoms with Crippen molar-refractivity contribution >= 4 is 29.9 Å². The lowest BCUT2D eigenvalue weighted by atomic mass is 10.1. The lowest BCUT2D eigenvalue weighted by molar-refractivity contribution is 0.368. The second-order valence-electron chi connectivity index (χ2n) is 6.87. The standard InChI is InChI=1S/C20H31N5O.HI/c1-15(2)19-24-18(26-25-19)11-8-14-22-20(21-4)23-16(3)12-13-17-9-6-5-7-10-17;/h5-7,9-10,15-16H,8,11-14H2,1-4H3,(H2,21,22,23);1H. The maximum absolute atomic E-state index is 5.26. The Balaban J connectivity index is 0.00000364. The van der Waals surface area contributed by atoms with E-state index in [2.05, 4.69) is 76.9 Å². The quantitative estimate of drug-likeness (QED) is 0.244. The molecule has 2 N–H and O–H groups in total. The molecule has 0 aliphatic carbocycles. The summed E-state index contributed by atoms with van der Waals surface area (Å²) in [5.74, 6) is 2.61. The van der Waals surface area contributed by atoms with Crippen molar-refractivity contribution in [3.05, 3.63) is 47.6 Å². The van der Waals surface area contributed by atoms with E-state index in [-0.39, 0.29) is 24.0 Å². The Morgan fingerprint density at radius 2 is 1.89 bits per heavy atom. The lowest BCUT2D eigenvalue weighted by Crippen LogP contribution is -2.42. The van der Waals surface area contributed by atoms with Gasteiger partial charge in [-0.25, -0.2) is 0 Å². The predicted octanol–water partition coefficient (Wildman–Crippen LogP) is 3.93. The van der Waals surface area contributed by atoms with Crippen LogP contribution in [0, 0.1) is 0 Å². The van der Waals surface area contributed by atoms with Crippen LogP contribution in [0.15, 0.2) is 39.8 Å². The molecule has 0 radical (unpaired) electrons. The summed E-state index contributed by atoms with van der Waals surface area (Å²) in [5, 5.41) is 10.8. The van der Waals surface area contributed by atoms with Gasteiger partial charge >= 0.3 is 0 Å². The fraction of sp³-hybridized carbons (Fsp3) is 0.550. The van der Waals surface area contributed by atoms with Gasteiger partial charge in [-0.2, -0.15) is 4.98 Å². The molecule has 7 heteroatoms. The van der Waals surface area contributed by atoms with E-state index in [1.807, 2.05) is 0 Å². The number of aryl methyl sites for hydroxylation is 2. The average molecular weight is 485 g/mol. The summed E-state index contributed by atoms with van der Waals surface area (Å²) >= 11 is 0. The van der Waals surface area contributed by atoms with Crippen LogP contribution in [-0.2, 0) is 12.8 Å². The first-order valence-electron chi connectivity index (χ1n) is 9.42. The van der Waals surface area contributed by atoms with E-state index < -0.39 is 0 Å². The number of hydrogen-bond donors (Lipinski definition) is 2. The monoisotopic (exact) mass is 485 g/mol. The first-order chi connectivity index (χ1) is 12.6. The van der Waals surface area contributed by atoms with Crippen LogP contribution >= 0.6 is 24.0 Å². The van der Waals surface area contributed by atoms with E-state index in [0.29, 0.717) is 17.9 Å². The summed E-state index contributed by atoms with van der Waals surface area (Å²) < 4.78 is 5.26. The number of nitrogens with one attached hydrogen (secondary N) is 2. The predicted molar refractivity (Wildman–Crippen MR) is 121 cm³/mol. The molecule has 6 nitrogen and oxygen atoms in total. The van der Waals surface area contributed by atoms with Gasteiger partial charge in [0.2, 0.25) is 5.89 Å². The zero-order chi connectivity index (χ0) is 18.8. The third-order valence-corrected chi connectivity index (χ3v) is 4.18. The van der Waals surface area contributed by atoms with Crippen LogP contribution in [0.5, 0.6) is 0 Å². The number of aromatic nitrogens is 2. The molecule has 1 aromatic heterocycles. The first kappa shape index (κ1) is 23.4. The molecule has 0 saturated carbocycles. The second-order valence-corrected chi connectivity index (χ2v) is 6.87. The normalized spacial score (nSPS) is 12.6. The molecular formula is C20H32IN5O. The summed E-state index contributed by atoms with van der Waals surface area (Å²) in [6, 6.07) is 10.9. The molecule has 2 rings (SSSR count). The Morgan fingerprint density at radius 1 is 1.15 bits per heavy atom. The molecule has 2 aromatic rings. The van der Waals surface area contributed by atoms with Crippen LogP contribution in [0.3, 0.4) is 0 Å². The highest BCUT2D eigenvalue weighted by molar-refractivity contribution is 14.0. The van der Waals surface area contributed by atoms with Gasteiger partial charge in [0.15, 0.2) is 11.8 Å². The highest BCUT2D eigenvalue weighted by atomic mass is 127. The number of guanidine groups is 1. The summed E-state index contributed by atoms with van der Waals surface area (Å²) in [7, 11) is 1.80. The van der Waals surface area contributed by atoms with E-state index in [1.54, 1.807) is 7.05 Å². The van der Waals surface area contributed by atoms with Gasteiger partial charge in [0, 0.05) is 32.0 Å². The van der Waals surface area contributed by atoms with E-state index >= 15 is 0 Å². The number of aliphatic imine (C=N–C) groups is 1. The van der Waals surface area contributed by atoms with E-state index in [0.717, 1.165) is 44.0 Å². The summed E-state index contributed by atoms with van der Waals surface area (Å²) in [5.41, 5.74) is 1.37. The van der Waals surface area contributed by atoms with E-state index in [1.165, 1.54) is 5.56 Å². The van der Waals surface area contributed by atoms with E-state index in [4.69, 9.17) is 4.52 Å². The maximum Gasteiger partial charge on any atom is 0.226 e. The van der Waals surface area contributed by atoms with Gasteiger partial charge < -0.3 is 15.2 Å². The molecule has 1 aromatic carbocycles. The first-order valence-corrected chi connectivity index (χ1v) is 9.42. The Labute approximate surface area is 179 Å². The molecule has 0 spiro atoms. The third kappa shape index (κ3) is 8.73. The molecule has 150 valence electrons. The van der Waals surface area contributed by atoms with Gasteiger partial charge in [0.1, 0.15) is 0 Å². The summed E-state index contributed by atoms with van der Waals surface area (Å²) in [6.07, 6.45) is 3.80. The second kappa shape index (κ2) is 12.7. The maximum atomic E-state index is 5.26. The molecule has 0 amide bonds. The molecule has 0 bridgehead atoms. The average Bonchev–Trinajstić information content (AvgIpc) is 3.12. The fourth-order valence-electron chi connectivity index (χ4n) is 2.58. The highest BCUT2D eigenvalue weighted by Crippen LogP contribution is 2.10. The minimum absolute atomic E-state index is 0. The number of hydrogen-bond acceptors (Lipinski definition) is 4. The Kier molecular flexibility index (Phi) is 11.0. The molecule has 1 heterocycles. The van der Waals surface area contributed by atoms with Crippen molar-refractivity contribution in [1.82, 2.24) is 20.8 Å². The minimum atomic E-state index is 0. The number of rotatable bonds is 9. The topological polar surface area (TPSA) is 75.3 Å². The van der Waals surface area contributed by atoms with Crippen LogP contribution in [-0.4, -0.2) is 35.7 Å². The Hall–Kier alpha value is -1.64. The zero-order valence-electron chi connectivity index (χ0n) is 16.7. The largest absolute Gasteiger partial charge is 0.356 e. The van der Waals surface area contributed by atoms with Crippen LogP contribution in [0.4, 0.5) is 0 Å². The summed E-state index contributed by atoms with van der Waals surface area (Å²) in [4.78, 5) is 8.69. The van der Waals surface area contributed by atoms with Gasteiger partial charge in [-0.15, -0.1) is 24.0 Å². The Bertz CT molecular complexity index is 672.